The molecule has 1 atom stereocenters. The van der Waals surface area contributed by atoms with Gasteiger partial charge in [-0.1, -0.05) is 12.1 Å². The van der Waals surface area contributed by atoms with Crippen LogP contribution in [0.5, 0.6) is 0 Å². The molecule has 0 aromatic heterocycles. The summed E-state index contributed by atoms with van der Waals surface area (Å²) in [6, 6.07) is 6.51. The fourth-order valence-electron chi connectivity index (χ4n) is 4.43. The number of amides is 1. The molecule has 9 heteroatoms. The summed E-state index contributed by atoms with van der Waals surface area (Å²) in [6.45, 7) is 2.09. The minimum Gasteiger partial charge on any atom is -0.380 e. The Bertz CT molecular complexity index is 1150. The molecule has 36 heavy (non-hydrogen) atoms. The van der Waals surface area contributed by atoms with Gasteiger partial charge in [0.25, 0.3) is 0 Å². The van der Waals surface area contributed by atoms with Gasteiger partial charge < -0.3 is 14.5 Å². The van der Waals surface area contributed by atoms with Crippen molar-refractivity contribution in [3.05, 3.63) is 81.9 Å². The standard InChI is InChI=1S/C27H26F4N2O3/c1-36-21-6-8-32(16-21)9-7-26(34)33-14-19(10-17-2-4-22(28)24(30)12-17)27(35)20(15-33)11-18-3-5-23(29)25(31)13-18/h2-5,10-13,21H,6-9,14-16H2,1H3/b19-10+,20-11+. The molecule has 1 amide bonds. The molecular weight excluding hydrogens is 476 g/mol. The number of hydrogen-bond acceptors (Lipinski definition) is 4. The molecule has 190 valence electrons. The van der Waals surface area contributed by atoms with Gasteiger partial charge in [-0.3, -0.25) is 9.59 Å². The number of benzene rings is 2. The van der Waals surface area contributed by atoms with Crippen LogP contribution in [-0.2, 0) is 14.3 Å². The van der Waals surface area contributed by atoms with E-state index in [0.717, 1.165) is 43.8 Å². The normalized spacial score (nSPS) is 21.1. The van der Waals surface area contributed by atoms with Crippen molar-refractivity contribution in [3.8, 4) is 0 Å². The minimum absolute atomic E-state index is 0.00746. The van der Waals surface area contributed by atoms with Crippen molar-refractivity contribution in [2.75, 3.05) is 39.8 Å². The first-order valence-electron chi connectivity index (χ1n) is 11.6. The molecule has 0 bridgehead atoms. The van der Waals surface area contributed by atoms with E-state index in [1.807, 2.05) is 0 Å². The Morgan fingerprint density at radius 1 is 0.944 bits per heavy atom. The average molecular weight is 503 g/mol. The highest BCUT2D eigenvalue weighted by Crippen LogP contribution is 2.24. The van der Waals surface area contributed by atoms with Gasteiger partial charge in [-0.15, -0.1) is 0 Å². The van der Waals surface area contributed by atoms with E-state index in [4.69, 9.17) is 4.74 Å². The fourth-order valence-corrected chi connectivity index (χ4v) is 4.43. The van der Waals surface area contributed by atoms with Crippen molar-refractivity contribution in [2.24, 2.45) is 0 Å². The fraction of sp³-hybridized carbons (Fsp3) is 0.333. The molecule has 0 N–H and O–H groups in total. The second-order valence-corrected chi connectivity index (χ2v) is 8.96. The van der Waals surface area contributed by atoms with Crippen molar-refractivity contribution in [3.63, 3.8) is 0 Å². The van der Waals surface area contributed by atoms with Crippen molar-refractivity contribution in [2.45, 2.75) is 18.9 Å². The Kier molecular flexibility index (Phi) is 8.01. The number of hydrogen-bond donors (Lipinski definition) is 0. The van der Waals surface area contributed by atoms with Crippen LogP contribution in [0, 0.1) is 23.3 Å². The summed E-state index contributed by atoms with van der Waals surface area (Å²) in [4.78, 5) is 29.9. The third-order valence-electron chi connectivity index (χ3n) is 6.43. The molecule has 2 heterocycles. The van der Waals surface area contributed by atoms with E-state index >= 15 is 0 Å². The van der Waals surface area contributed by atoms with E-state index in [1.54, 1.807) is 7.11 Å². The van der Waals surface area contributed by atoms with Crippen molar-refractivity contribution < 1.29 is 31.9 Å². The number of ketones is 1. The number of nitrogens with zero attached hydrogens (tertiary/aromatic N) is 2. The van der Waals surface area contributed by atoms with Crippen LogP contribution in [0.2, 0.25) is 0 Å². The average Bonchev–Trinajstić information content (AvgIpc) is 3.32. The van der Waals surface area contributed by atoms with Crippen LogP contribution in [0.15, 0.2) is 47.5 Å². The van der Waals surface area contributed by atoms with Crippen LogP contribution >= 0.6 is 0 Å². The van der Waals surface area contributed by atoms with Crippen LogP contribution in [0.1, 0.15) is 24.0 Å². The molecule has 2 saturated heterocycles. The SMILES string of the molecule is COC1CCN(CCC(=O)N2C/C(=C\c3ccc(F)c(F)c3)C(=O)/C(=C/c3ccc(F)c(F)c3)C2)C1. The van der Waals surface area contributed by atoms with Gasteiger partial charge in [0, 0.05) is 57.4 Å². The number of halogens is 4. The van der Waals surface area contributed by atoms with Crippen molar-refractivity contribution >= 4 is 23.8 Å². The Morgan fingerprint density at radius 2 is 1.50 bits per heavy atom. The maximum atomic E-state index is 13.7. The Labute approximate surface area is 206 Å². The van der Waals surface area contributed by atoms with Gasteiger partial charge in [-0.25, -0.2) is 17.6 Å². The minimum atomic E-state index is -1.06. The van der Waals surface area contributed by atoms with Gasteiger partial charge in [-0.2, -0.15) is 0 Å². The number of carbonyl (C=O) groups excluding carboxylic acids is 2. The molecule has 2 aliphatic rings. The highest BCUT2D eigenvalue weighted by Gasteiger charge is 2.30. The highest BCUT2D eigenvalue weighted by atomic mass is 19.2. The van der Waals surface area contributed by atoms with Gasteiger partial charge >= 0.3 is 0 Å². The molecule has 4 rings (SSSR count). The zero-order valence-electron chi connectivity index (χ0n) is 19.8. The molecule has 2 fully saturated rings. The first kappa shape index (κ1) is 25.8. The third-order valence-corrected chi connectivity index (χ3v) is 6.43. The Balaban J connectivity index is 1.58. The van der Waals surface area contributed by atoms with Crippen LogP contribution < -0.4 is 0 Å². The Morgan fingerprint density at radius 3 is 1.97 bits per heavy atom. The number of ether oxygens (including phenoxy) is 1. The van der Waals surface area contributed by atoms with E-state index < -0.39 is 29.1 Å². The predicted molar refractivity (Wildman–Crippen MR) is 127 cm³/mol. The molecule has 0 radical (unpaired) electrons. The molecule has 1 unspecified atom stereocenters. The smallest absolute Gasteiger partial charge is 0.224 e. The number of carbonyl (C=O) groups is 2. The van der Waals surface area contributed by atoms with Gasteiger partial charge in [0.05, 0.1) is 6.10 Å². The van der Waals surface area contributed by atoms with E-state index in [1.165, 1.54) is 29.2 Å². The first-order chi connectivity index (χ1) is 17.2. The highest BCUT2D eigenvalue weighted by molar-refractivity contribution is 6.15. The first-order valence-corrected chi connectivity index (χ1v) is 11.6. The van der Waals surface area contributed by atoms with Crippen molar-refractivity contribution in [1.82, 2.24) is 9.80 Å². The van der Waals surface area contributed by atoms with Crippen LogP contribution in [0.3, 0.4) is 0 Å². The van der Waals surface area contributed by atoms with Crippen molar-refractivity contribution in [1.29, 1.82) is 0 Å². The molecule has 0 spiro atoms. The number of rotatable bonds is 6. The van der Waals surface area contributed by atoms with E-state index in [9.17, 15) is 27.2 Å². The van der Waals surface area contributed by atoms with E-state index in [-0.39, 0.29) is 53.8 Å². The summed E-state index contributed by atoms with van der Waals surface area (Å²) in [7, 11) is 1.66. The molecule has 2 aromatic rings. The van der Waals surface area contributed by atoms with Gasteiger partial charge in [0.15, 0.2) is 29.1 Å². The topological polar surface area (TPSA) is 49.9 Å². The maximum absolute atomic E-state index is 13.7. The van der Waals surface area contributed by atoms with Gasteiger partial charge in [-0.05, 0) is 54.0 Å². The van der Waals surface area contributed by atoms with Gasteiger partial charge in [0.1, 0.15) is 0 Å². The Hall–Kier alpha value is -3.30. The lowest BCUT2D eigenvalue weighted by Gasteiger charge is -2.30. The molecule has 2 aliphatic heterocycles. The molecule has 0 aliphatic carbocycles. The molecule has 2 aromatic carbocycles. The molecule has 5 nitrogen and oxygen atoms in total. The zero-order valence-corrected chi connectivity index (χ0v) is 19.8. The lowest BCUT2D eigenvalue weighted by Crippen LogP contribution is -2.42. The largest absolute Gasteiger partial charge is 0.380 e. The van der Waals surface area contributed by atoms with Crippen LogP contribution in [0.25, 0.3) is 12.2 Å². The predicted octanol–water partition coefficient (Wildman–Crippen LogP) is 4.23. The van der Waals surface area contributed by atoms with E-state index in [2.05, 4.69) is 4.90 Å². The quantitative estimate of drug-likeness (QED) is 0.438. The number of likely N-dealkylation sites (tertiary alicyclic amines) is 2. The van der Waals surface area contributed by atoms with Crippen LogP contribution in [0.4, 0.5) is 17.6 Å². The number of Topliss-reactive ketones (excluding diaryl/α,β-unsaturated/α-hetero) is 1. The second kappa shape index (κ2) is 11.2. The number of piperidine rings is 1. The third kappa shape index (κ3) is 6.09. The lowest BCUT2D eigenvalue weighted by molar-refractivity contribution is -0.131. The van der Waals surface area contributed by atoms with E-state index in [0.29, 0.717) is 6.54 Å². The maximum Gasteiger partial charge on any atom is 0.224 e. The summed E-state index contributed by atoms with van der Waals surface area (Å²) in [6.07, 6.45) is 4.08. The summed E-state index contributed by atoms with van der Waals surface area (Å²) < 4.78 is 59.5. The summed E-state index contributed by atoms with van der Waals surface area (Å²) in [5, 5.41) is 0. The summed E-state index contributed by atoms with van der Waals surface area (Å²) in [5.41, 5.74) is 0.938. The monoisotopic (exact) mass is 502 g/mol. The number of methoxy groups -OCH3 is 1. The lowest BCUT2D eigenvalue weighted by atomic mass is 9.94. The summed E-state index contributed by atoms with van der Waals surface area (Å²) in [5.74, 6) is -4.73. The zero-order chi connectivity index (χ0) is 25.8. The molecular formula is C27H26F4N2O3. The summed E-state index contributed by atoms with van der Waals surface area (Å²) >= 11 is 0. The van der Waals surface area contributed by atoms with Crippen LogP contribution in [-0.4, -0.2) is 67.4 Å². The second-order valence-electron chi connectivity index (χ2n) is 8.96. The van der Waals surface area contributed by atoms with Gasteiger partial charge in [0.2, 0.25) is 5.91 Å². The molecule has 0 saturated carbocycles.